The summed E-state index contributed by atoms with van der Waals surface area (Å²) in [4.78, 5) is 18.8. The number of pyridine rings is 1. The molecule has 0 aliphatic carbocycles. The van der Waals surface area contributed by atoms with E-state index < -0.39 is 29.5 Å². The number of aromatic nitrogens is 1. The minimum atomic E-state index is -6.23. The maximum absolute atomic E-state index is 14.4. The zero-order valence-electron chi connectivity index (χ0n) is 19.6. The summed E-state index contributed by atoms with van der Waals surface area (Å²) in [6.45, 7) is -0.126. The molecule has 0 atom stereocenters. The lowest BCUT2D eigenvalue weighted by Gasteiger charge is -2.30. The normalized spacial score (nSPS) is 12.4. The summed E-state index contributed by atoms with van der Waals surface area (Å²) < 4.78 is 93.0. The smallest absolute Gasteiger partial charge is 0.386 e. The molecule has 0 fully saturated rings. The Morgan fingerprint density at radius 3 is 1.92 bits per heavy atom. The number of benzene rings is 2. The first-order valence-corrected chi connectivity index (χ1v) is 11.7. The molecule has 1 heterocycles. The second kappa shape index (κ2) is 11.4. The van der Waals surface area contributed by atoms with Gasteiger partial charge in [0, 0.05) is 30.7 Å². The van der Waals surface area contributed by atoms with E-state index in [0.29, 0.717) is 29.3 Å². The molecule has 38 heavy (non-hydrogen) atoms. The number of nitrogens with zero attached hydrogens (tertiary/aromatic N) is 2. The highest BCUT2D eigenvalue weighted by Crippen LogP contribution is 2.53. The molecule has 1 N–H and O–H groups in total. The van der Waals surface area contributed by atoms with Crippen LogP contribution in [0.1, 0.15) is 27.2 Å². The summed E-state index contributed by atoms with van der Waals surface area (Å²) in [7, 11) is 1.56. The van der Waals surface area contributed by atoms with Gasteiger partial charge in [-0.1, -0.05) is 59.6 Å². The summed E-state index contributed by atoms with van der Waals surface area (Å²) in [5.41, 5.74) is -5.87. The van der Waals surface area contributed by atoms with Crippen molar-refractivity contribution in [3.63, 3.8) is 0 Å². The highest BCUT2D eigenvalue weighted by molar-refractivity contribution is 6.30. The number of hydrogen-bond acceptors (Lipinski definition) is 3. The Morgan fingerprint density at radius 2 is 1.39 bits per heavy atom. The van der Waals surface area contributed by atoms with Crippen LogP contribution in [-0.4, -0.2) is 41.7 Å². The van der Waals surface area contributed by atoms with Crippen molar-refractivity contribution < 1.29 is 35.5 Å². The number of nitrogens with one attached hydrogen (secondary N) is 1. The van der Waals surface area contributed by atoms with Gasteiger partial charge < -0.3 is 10.2 Å². The molecule has 0 aliphatic rings. The fourth-order valence-corrected chi connectivity index (χ4v) is 3.94. The van der Waals surface area contributed by atoms with Gasteiger partial charge in [-0.05, 0) is 41.8 Å². The van der Waals surface area contributed by atoms with Crippen LogP contribution in [0.3, 0.4) is 0 Å². The molecule has 0 unspecified atom stereocenters. The minimum Gasteiger partial charge on any atom is -0.386 e. The van der Waals surface area contributed by atoms with Gasteiger partial charge in [0.25, 0.3) is 5.91 Å². The van der Waals surface area contributed by atoms with Gasteiger partial charge in [-0.3, -0.25) is 4.79 Å². The van der Waals surface area contributed by atoms with E-state index in [9.17, 15) is 35.5 Å². The first kappa shape index (κ1) is 29.5. The highest BCUT2D eigenvalue weighted by Gasteiger charge is 2.73. The van der Waals surface area contributed by atoms with E-state index in [1.165, 1.54) is 17.0 Å². The van der Waals surface area contributed by atoms with Crippen LogP contribution < -0.4 is 5.32 Å². The molecule has 0 bridgehead atoms. The third-order valence-corrected chi connectivity index (χ3v) is 6.17. The van der Waals surface area contributed by atoms with Crippen molar-refractivity contribution in [3.8, 4) is 0 Å². The van der Waals surface area contributed by atoms with Crippen LogP contribution in [0.25, 0.3) is 0 Å². The van der Waals surface area contributed by atoms with Gasteiger partial charge in [0.2, 0.25) is 0 Å². The van der Waals surface area contributed by atoms with Crippen LogP contribution >= 0.6 is 23.2 Å². The Bertz CT molecular complexity index is 1250. The fraction of sp³-hybridized carbons (Fsp3) is 0.280. The monoisotopic (exact) mass is 581 g/mol. The standard InChI is InChI=1S/C25H20Cl2F7N3O/c1-35-19-10-11-20(27)36-21(19)22(38)37(13-12-15-4-8-18(26)9-5-15)14-16-2-6-17(7-3-16)23(28,24(29,30)31)25(32,33)34/h2-11,35H,12-14H2,1H3. The fourth-order valence-electron chi connectivity index (χ4n) is 3.67. The van der Waals surface area contributed by atoms with Crippen LogP contribution in [-0.2, 0) is 18.6 Å². The Kier molecular flexibility index (Phi) is 8.82. The summed E-state index contributed by atoms with van der Waals surface area (Å²) in [5, 5.41) is 3.36. The van der Waals surface area contributed by atoms with Crippen molar-refractivity contribution in [1.29, 1.82) is 0 Å². The van der Waals surface area contributed by atoms with Crippen molar-refractivity contribution in [1.82, 2.24) is 9.88 Å². The molecule has 3 rings (SSSR count). The maximum atomic E-state index is 14.4. The SMILES string of the molecule is CNc1ccc(Cl)nc1C(=O)N(CCc1ccc(Cl)cc1)Cc1ccc(C(F)(C(F)(F)F)C(F)(F)F)cc1. The van der Waals surface area contributed by atoms with Gasteiger partial charge in [0.05, 0.1) is 5.69 Å². The van der Waals surface area contributed by atoms with Crippen LogP contribution in [0.4, 0.5) is 36.4 Å². The van der Waals surface area contributed by atoms with Crippen LogP contribution in [0, 0.1) is 0 Å². The van der Waals surface area contributed by atoms with Crippen molar-refractivity contribution in [3.05, 3.63) is 93.2 Å². The van der Waals surface area contributed by atoms with Crippen molar-refractivity contribution >= 4 is 34.8 Å². The number of amides is 1. The Hall–Kier alpha value is -3.05. The van der Waals surface area contributed by atoms with Crippen molar-refractivity contribution in [2.24, 2.45) is 0 Å². The number of carbonyl (C=O) groups is 1. The maximum Gasteiger partial charge on any atom is 0.435 e. The van der Waals surface area contributed by atoms with Crippen molar-refractivity contribution in [2.45, 2.75) is 31.0 Å². The summed E-state index contributed by atoms with van der Waals surface area (Å²) in [6, 6.07) is 12.4. The van der Waals surface area contributed by atoms with E-state index in [0.717, 1.165) is 17.7 Å². The van der Waals surface area contributed by atoms with Crippen LogP contribution in [0.15, 0.2) is 60.7 Å². The minimum absolute atomic E-state index is 0.0351. The third-order valence-electron chi connectivity index (χ3n) is 5.71. The molecule has 0 radical (unpaired) electrons. The predicted octanol–water partition coefficient (Wildman–Crippen LogP) is 7.60. The van der Waals surface area contributed by atoms with Gasteiger partial charge in [0.15, 0.2) is 5.69 Å². The Labute approximate surface area is 223 Å². The number of hydrogen-bond donors (Lipinski definition) is 1. The molecular formula is C25H20Cl2F7N3O. The average Bonchev–Trinajstić information content (AvgIpc) is 2.85. The lowest BCUT2D eigenvalue weighted by molar-refractivity contribution is -0.348. The molecule has 204 valence electrons. The number of anilines is 1. The highest BCUT2D eigenvalue weighted by atomic mass is 35.5. The molecule has 1 amide bonds. The zero-order chi connectivity index (χ0) is 28.3. The Morgan fingerprint density at radius 1 is 0.842 bits per heavy atom. The number of carbonyl (C=O) groups excluding carboxylic acids is 1. The van der Waals surface area contributed by atoms with E-state index in [1.807, 2.05) is 0 Å². The van der Waals surface area contributed by atoms with E-state index in [4.69, 9.17) is 23.2 Å². The first-order chi connectivity index (χ1) is 17.7. The van der Waals surface area contributed by atoms with E-state index in [2.05, 4.69) is 10.3 Å². The van der Waals surface area contributed by atoms with Gasteiger partial charge >= 0.3 is 18.0 Å². The molecular weight excluding hydrogens is 562 g/mol. The van der Waals surface area contributed by atoms with Gasteiger partial charge in [-0.15, -0.1) is 0 Å². The molecule has 0 saturated carbocycles. The molecule has 2 aromatic carbocycles. The van der Waals surface area contributed by atoms with E-state index >= 15 is 0 Å². The number of alkyl halides is 7. The molecule has 0 aliphatic heterocycles. The largest absolute Gasteiger partial charge is 0.435 e. The lowest BCUT2D eigenvalue weighted by atomic mass is 9.93. The van der Waals surface area contributed by atoms with Gasteiger partial charge in [-0.2, -0.15) is 26.3 Å². The lowest BCUT2D eigenvalue weighted by Crippen LogP contribution is -2.50. The summed E-state index contributed by atoms with van der Waals surface area (Å²) in [6.07, 6.45) is -12.1. The topological polar surface area (TPSA) is 45.2 Å². The van der Waals surface area contributed by atoms with E-state index in [-0.39, 0.29) is 29.5 Å². The molecule has 0 spiro atoms. The quantitative estimate of drug-likeness (QED) is 0.220. The third kappa shape index (κ3) is 6.32. The van der Waals surface area contributed by atoms with E-state index in [1.54, 1.807) is 31.3 Å². The van der Waals surface area contributed by atoms with Crippen LogP contribution in [0.2, 0.25) is 10.2 Å². The molecule has 3 aromatic rings. The second-order valence-electron chi connectivity index (χ2n) is 8.23. The molecule has 1 aromatic heterocycles. The van der Waals surface area contributed by atoms with Gasteiger partial charge in [-0.25, -0.2) is 9.37 Å². The first-order valence-electron chi connectivity index (χ1n) is 11.0. The predicted molar refractivity (Wildman–Crippen MR) is 130 cm³/mol. The second-order valence-corrected chi connectivity index (χ2v) is 9.06. The summed E-state index contributed by atoms with van der Waals surface area (Å²) in [5.74, 6) is -0.597. The molecule has 13 heteroatoms. The zero-order valence-corrected chi connectivity index (χ0v) is 21.1. The molecule has 4 nitrogen and oxygen atoms in total. The Balaban J connectivity index is 1.94. The molecule has 0 saturated heterocycles. The summed E-state index contributed by atoms with van der Waals surface area (Å²) >= 11 is 11.9. The van der Waals surface area contributed by atoms with Gasteiger partial charge in [0.1, 0.15) is 5.15 Å². The van der Waals surface area contributed by atoms with Crippen LogP contribution in [0.5, 0.6) is 0 Å². The van der Waals surface area contributed by atoms with Crippen molar-refractivity contribution in [2.75, 3.05) is 18.9 Å². The average molecular weight is 582 g/mol. The number of halogens is 9. The number of rotatable bonds is 8.